The highest BCUT2D eigenvalue weighted by Gasteiger charge is 2.40. The molecule has 18 heavy (non-hydrogen) atoms. The van der Waals surface area contributed by atoms with Gasteiger partial charge in [-0.3, -0.25) is 4.90 Å². The van der Waals surface area contributed by atoms with Crippen molar-refractivity contribution in [2.75, 3.05) is 19.6 Å². The van der Waals surface area contributed by atoms with Gasteiger partial charge in [-0.25, -0.2) is 0 Å². The third-order valence-corrected chi connectivity index (χ3v) is 5.67. The van der Waals surface area contributed by atoms with Crippen LogP contribution in [0.3, 0.4) is 0 Å². The van der Waals surface area contributed by atoms with Crippen molar-refractivity contribution in [2.45, 2.75) is 76.3 Å². The van der Waals surface area contributed by atoms with Crippen molar-refractivity contribution >= 4 is 0 Å². The lowest BCUT2D eigenvalue weighted by atomic mass is 9.87. The molecule has 2 nitrogen and oxygen atoms in total. The first kappa shape index (κ1) is 12.9. The summed E-state index contributed by atoms with van der Waals surface area (Å²) in [5.41, 5.74) is 0.471. The number of nitrogens with zero attached hydrogens (tertiary/aromatic N) is 1. The molecule has 2 aliphatic heterocycles. The average molecular weight is 250 g/mol. The Labute approximate surface area is 113 Å². The summed E-state index contributed by atoms with van der Waals surface area (Å²) in [6, 6.07) is 0.940. The molecule has 2 heterocycles. The van der Waals surface area contributed by atoms with Crippen molar-refractivity contribution in [1.29, 1.82) is 0 Å². The lowest BCUT2D eigenvalue weighted by Gasteiger charge is -2.43. The van der Waals surface area contributed by atoms with Gasteiger partial charge in [0, 0.05) is 18.1 Å². The average Bonchev–Trinajstić information content (AvgIpc) is 2.99. The molecule has 1 aliphatic carbocycles. The molecule has 0 aromatic rings. The topological polar surface area (TPSA) is 15.3 Å². The van der Waals surface area contributed by atoms with E-state index >= 15 is 0 Å². The van der Waals surface area contributed by atoms with Crippen molar-refractivity contribution in [2.24, 2.45) is 5.92 Å². The maximum absolute atomic E-state index is 3.86. The van der Waals surface area contributed by atoms with E-state index in [0.717, 1.165) is 12.0 Å². The summed E-state index contributed by atoms with van der Waals surface area (Å²) in [6.45, 7) is 6.30. The minimum absolute atomic E-state index is 0.471. The van der Waals surface area contributed by atoms with Gasteiger partial charge >= 0.3 is 0 Å². The van der Waals surface area contributed by atoms with Crippen LogP contribution in [-0.2, 0) is 0 Å². The predicted octanol–water partition coefficient (Wildman–Crippen LogP) is 3.17. The molecule has 1 saturated carbocycles. The van der Waals surface area contributed by atoms with E-state index in [2.05, 4.69) is 17.1 Å². The first-order valence-electron chi connectivity index (χ1n) is 8.32. The summed E-state index contributed by atoms with van der Waals surface area (Å²) in [6.07, 6.45) is 12.9. The van der Waals surface area contributed by atoms with Crippen LogP contribution < -0.4 is 5.32 Å². The van der Waals surface area contributed by atoms with Gasteiger partial charge in [0.05, 0.1) is 0 Å². The Hall–Kier alpha value is -0.0800. The third kappa shape index (κ3) is 2.46. The van der Waals surface area contributed by atoms with Crippen LogP contribution in [0.4, 0.5) is 0 Å². The van der Waals surface area contributed by atoms with Gasteiger partial charge < -0.3 is 5.32 Å². The van der Waals surface area contributed by atoms with Crippen molar-refractivity contribution in [1.82, 2.24) is 10.2 Å². The molecule has 0 aromatic heterocycles. The maximum Gasteiger partial charge on any atom is 0.0309 e. The van der Waals surface area contributed by atoms with Gasteiger partial charge in [-0.1, -0.05) is 19.8 Å². The molecular weight excluding hydrogens is 220 g/mol. The molecule has 3 rings (SSSR count). The fourth-order valence-corrected chi connectivity index (χ4v) is 4.92. The fraction of sp³-hybridized carbons (Fsp3) is 1.00. The molecule has 3 aliphatic rings. The fourth-order valence-electron chi connectivity index (χ4n) is 4.92. The van der Waals surface area contributed by atoms with Crippen LogP contribution >= 0.6 is 0 Å². The molecule has 0 radical (unpaired) electrons. The van der Waals surface area contributed by atoms with Crippen LogP contribution in [0.2, 0.25) is 0 Å². The SMILES string of the molecule is CCCC1(CN2CCCC3CCCC32)CCCN1. The number of nitrogens with one attached hydrogen (secondary N) is 1. The Morgan fingerprint density at radius 3 is 2.83 bits per heavy atom. The maximum atomic E-state index is 3.86. The van der Waals surface area contributed by atoms with Gasteiger partial charge in [0.2, 0.25) is 0 Å². The van der Waals surface area contributed by atoms with E-state index in [1.165, 1.54) is 77.4 Å². The minimum Gasteiger partial charge on any atom is -0.310 e. The van der Waals surface area contributed by atoms with E-state index in [0.29, 0.717) is 5.54 Å². The van der Waals surface area contributed by atoms with E-state index in [4.69, 9.17) is 0 Å². The third-order valence-electron chi connectivity index (χ3n) is 5.67. The number of fused-ring (bicyclic) bond motifs is 1. The van der Waals surface area contributed by atoms with Crippen molar-refractivity contribution < 1.29 is 0 Å². The lowest BCUT2D eigenvalue weighted by molar-refractivity contribution is 0.0773. The van der Waals surface area contributed by atoms with Crippen LogP contribution in [0.1, 0.15) is 64.7 Å². The smallest absolute Gasteiger partial charge is 0.0309 e. The monoisotopic (exact) mass is 250 g/mol. The Morgan fingerprint density at radius 2 is 2.06 bits per heavy atom. The van der Waals surface area contributed by atoms with Gasteiger partial charge in [-0.05, 0) is 64.0 Å². The lowest BCUT2D eigenvalue weighted by Crippen LogP contribution is -2.54. The van der Waals surface area contributed by atoms with Gasteiger partial charge in [0.25, 0.3) is 0 Å². The predicted molar refractivity (Wildman–Crippen MR) is 76.8 cm³/mol. The van der Waals surface area contributed by atoms with Crippen molar-refractivity contribution in [3.63, 3.8) is 0 Å². The molecule has 104 valence electrons. The van der Waals surface area contributed by atoms with Crippen molar-refractivity contribution in [3.05, 3.63) is 0 Å². The molecular formula is C16H30N2. The first-order chi connectivity index (χ1) is 8.83. The first-order valence-corrected chi connectivity index (χ1v) is 8.32. The summed E-state index contributed by atoms with van der Waals surface area (Å²) in [5, 5.41) is 3.86. The second kappa shape index (κ2) is 5.50. The number of piperidine rings is 1. The van der Waals surface area contributed by atoms with Crippen LogP contribution in [0, 0.1) is 5.92 Å². The Morgan fingerprint density at radius 1 is 1.17 bits per heavy atom. The van der Waals surface area contributed by atoms with Gasteiger partial charge in [-0.15, -0.1) is 0 Å². The molecule has 3 unspecified atom stereocenters. The zero-order valence-electron chi connectivity index (χ0n) is 12.1. The summed E-state index contributed by atoms with van der Waals surface area (Å²) in [4.78, 5) is 2.87. The zero-order valence-corrected chi connectivity index (χ0v) is 12.1. The summed E-state index contributed by atoms with van der Waals surface area (Å²) in [5.74, 6) is 1.04. The molecule has 0 aromatic carbocycles. The minimum atomic E-state index is 0.471. The summed E-state index contributed by atoms with van der Waals surface area (Å²) < 4.78 is 0. The van der Waals surface area contributed by atoms with Crippen LogP contribution in [-0.4, -0.2) is 36.1 Å². The Bertz CT molecular complexity index is 270. The quantitative estimate of drug-likeness (QED) is 0.824. The van der Waals surface area contributed by atoms with E-state index in [1.807, 2.05) is 0 Å². The van der Waals surface area contributed by atoms with E-state index < -0.39 is 0 Å². The number of hydrogen-bond donors (Lipinski definition) is 1. The molecule has 0 amide bonds. The van der Waals surface area contributed by atoms with E-state index in [-0.39, 0.29) is 0 Å². The highest BCUT2D eigenvalue weighted by molar-refractivity contribution is 4.99. The van der Waals surface area contributed by atoms with Crippen LogP contribution in [0.5, 0.6) is 0 Å². The van der Waals surface area contributed by atoms with Gasteiger partial charge in [0.15, 0.2) is 0 Å². The van der Waals surface area contributed by atoms with E-state index in [1.54, 1.807) is 0 Å². The number of rotatable bonds is 4. The molecule has 2 saturated heterocycles. The molecule has 3 fully saturated rings. The summed E-state index contributed by atoms with van der Waals surface area (Å²) >= 11 is 0. The second-order valence-electron chi connectivity index (χ2n) is 6.93. The Kier molecular flexibility index (Phi) is 3.95. The molecule has 0 spiro atoms. The van der Waals surface area contributed by atoms with Crippen LogP contribution in [0.25, 0.3) is 0 Å². The number of hydrogen-bond acceptors (Lipinski definition) is 2. The van der Waals surface area contributed by atoms with Gasteiger partial charge in [0.1, 0.15) is 0 Å². The zero-order chi connectivity index (χ0) is 12.4. The van der Waals surface area contributed by atoms with Crippen molar-refractivity contribution in [3.8, 4) is 0 Å². The van der Waals surface area contributed by atoms with Gasteiger partial charge in [-0.2, -0.15) is 0 Å². The Balaban J connectivity index is 1.66. The highest BCUT2D eigenvalue weighted by Crippen LogP contribution is 2.38. The molecule has 2 heteroatoms. The summed E-state index contributed by atoms with van der Waals surface area (Å²) in [7, 11) is 0. The van der Waals surface area contributed by atoms with Crippen LogP contribution in [0.15, 0.2) is 0 Å². The molecule has 1 N–H and O–H groups in total. The standard InChI is InChI=1S/C16H30N2/c1-2-9-16(10-5-11-17-16)13-18-12-4-7-14-6-3-8-15(14)18/h14-15,17H,2-13H2,1H3. The number of likely N-dealkylation sites (tertiary alicyclic amines) is 1. The molecule has 0 bridgehead atoms. The normalized spacial score (nSPS) is 41.2. The molecule has 3 atom stereocenters. The highest BCUT2D eigenvalue weighted by atomic mass is 15.2. The van der Waals surface area contributed by atoms with E-state index in [9.17, 15) is 0 Å². The second-order valence-corrected chi connectivity index (χ2v) is 6.93. The largest absolute Gasteiger partial charge is 0.310 e.